The zero-order valence-corrected chi connectivity index (χ0v) is 8.08. The second-order valence-corrected chi connectivity index (χ2v) is 3.66. The second kappa shape index (κ2) is 3.64. The summed E-state index contributed by atoms with van der Waals surface area (Å²) in [7, 11) is 0. The maximum Gasteiger partial charge on any atom is 0.0715 e. The minimum atomic E-state index is -1.14. The van der Waals surface area contributed by atoms with Gasteiger partial charge >= 0.3 is 0 Å². The minimum Gasteiger partial charge on any atom is -0.545 e. The van der Waals surface area contributed by atoms with Gasteiger partial charge in [-0.1, -0.05) is 18.2 Å². The quantitative estimate of drug-likeness (QED) is 0.746. The summed E-state index contributed by atoms with van der Waals surface area (Å²) < 4.78 is 0. The molecular formula is C11H7O2S-. The van der Waals surface area contributed by atoms with Crippen molar-refractivity contribution in [1.82, 2.24) is 0 Å². The van der Waals surface area contributed by atoms with Gasteiger partial charge in [-0.05, 0) is 39.6 Å². The Labute approximate surface area is 85.4 Å². The van der Waals surface area contributed by atoms with Gasteiger partial charge in [-0.25, -0.2) is 0 Å². The summed E-state index contributed by atoms with van der Waals surface area (Å²) in [5.74, 6) is -1.14. The Morgan fingerprint density at radius 1 is 1.21 bits per heavy atom. The smallest absolute Gasteiger partial charge is 0.0715 e. The Bertz CT molecular complexity index is 446. The molecule has 0 spiro atoms. The highest BCUT2D eigenvalue weighted by molar-refractivity contribution is 7.08. The fraction of sp³-hybridized carbons (Fsp3) is 0. The van der Waals surface area contributed by atoms with E-state index in [2.05, 4.69) is 0 Å². The SMILES string of the molecule is O=C([O-])c1cccc(-c2ccsc2)c1. The number of rotatable bonds is 2. The highest BCUT2D eigenvalue weighted by Gasteiger charge is 1.99. The molecule has 0 fully saturated rings. The summed E-state index contributed by atoms with van der Waals surface area (Å²) in [5, 5.41) is 14.6. The van der Waals surface area contributed by atoms with Gasteiger partial charge in [0.1, 0.15) is 0 Å². The van der Waals surface area contributed by atoms with Crippen LogP contribution in [-0.4, -0.2) is 5.97 Å². The van der Waals surface area contributed by atoms with Crippen LogP contribution in [0.4, 0.5) is 0 Å². The lowest BCUT2D eigenvalue weighted by molar-refractivity contribution is -0.255. The average molecular weight is 203 g/mol. The van der Waals surface area contributed by atoms with Crippen LogP contribution in [0, 0.1) is 0 Å². The second-order valence-electron chi connectivity index (χ2n) is 2.88. The van der Waals surface area contributed by atoms with Gasteiger partial charge in [0.05, 0.1) is 5.97 Å². The monoisotopic (exact) mass is 203 g/mol. The number of aromatic carboxylic acids is 1. The molecule has 0 unspecified atom stereocenters. The van der Waals surface area contributed by atoms with E-state index in [9.17, 15) is 9.90 Å². The first kappa shape index (κ1) is 8.97. The molecule has 2 aromatic rings. The van der Waals surface area contributed by atoms with E-state index >= 15 is 0 Å². The maximum absolute atomic E-state index is 10.6. The zero-order chi connectivity index (χ0) is 9.97. The van der Waals surface area contributed by atoms with Crippen molar-refractivity contribution in [3.63, 3.8) is 0 Å². The van der Waals surface area contributed by atoms with Crippen molar-refractivity contribution in [2.24, 2.45) is 0 Å². The van der Waals surface area contributed by atoms with Crippen molar-refractivity contribution in [2.75, 3.05) is 0 Å². The van der Waals surface area contributed by atoms with Gasteiger partial charge < -0.3 is 9.90 Å². The van der Waals surface area contributed by atoms with Gasteiger partial charge in [-0.15, -0.1) is 0 Å². The molecule has 0 aliphatic rings. The Hall–Kier alpha value is -1.61. The van der Waals surface area contributed by atoms with E-state index in [0.717, 1.165) is 11.1 Å². The molecule has 70 valence electrons. The van der Waals surface area contributed by atoms with Gasteiger partial charge in [0.2, 0.25) is 0 Å². The van der Waals surface area contributed by atoms with Gasteiger partial charge in [0.15, 0.2) is 0 Å². The minimum absolute atomic E-state index is 0.216. The summed E-state index contributed by atoms with van der Waals surface area (Å²) in [5.41, 5.74) is 2.17. The molecule has 1 heterocycles. The third-order valence-corrected chi connectivity index (χ3v) is 2.64. The van der Waals surface area contributed by atoms with E-state index < -0.39 is 5.97 Å². The van der Waals surface area contributed by atoms with Crippen LogP contribution in [0.15, 0.2) is 41.1 Å². The number of thiophene rings is 1. The van der Waals surface area contributed by atoms with Gasteiger partial charge in [0.25, 0.3) is 0 Å². The molecule has 0 bridgehead atoms. The average Bonchev–Trinajstić information content (AvgIpc) is 2.71. The van der Waals surface area contributed by atoms with Gasteiger partial charge in [-0.2, -0.15) is 11.3 Å². The maximum atomic E-state index is 10.6. The first-order chi connectivity index (χ1) is 6.77. The van der Waals surface area contributed by atoms with Crippen molar-refractivity contribution in [1.29, 1.82) is 0 Å². The van der Waals surface area contributed by atoms with Crippen molar-refractivity contribution in [3.05, 3.63) is 46.7 Å². The van der Waals surface area contributed by atoms with Crippen LogP contribution >= 0.6 is 11.3 Å². The number of hydrogen-bond acceptors (Lipinski definition) is 3. The molecule has 0 saturated carbocycles. The first-order valence-electron chi connectivity index (χ1n) is 4.11. The third-order valence-electron chi connectivity index (χ3n) is 1.95. The van der Waals surface area contributed by atoms with E-state index in [0.29, 0.717) is 0 Å². The van der Waals surface area contributed by atoms with Crippen LogP contribution in [0.1, 0.15) is 10.4 Å². The zero-order valence-electron chi connectivity index (χ0n) is 7.27. The number of hydrogen-bond donors (Lipinski definition) is 0. The lowest BCUT2D eigenvalue weighted by atomic mass is 10.1. The van der Waals surface area contributed by atoms with E-state index in [1.54, 1.807) is 23.5 Å². The summed E-state index contributed by atoms with van der Waals surface area (Å²) >= 11 is 1.59. The molecule has 0 atom stereocenters. The molecule has 0 aliphatic carbocycles. The van der Waals surface area contributed by atoms with Crippen molar-refractivity contribution in [2.45, 2.75) is 0 Å². The number of carboxylic acid groups (broad SMARTS) is 1. The first-order valence-corrected chi connectivity index (χ1v) is 5.05. The van der Waals surface area contributed by atoms with Crippen molar-refractivity contribution < 1.29 is 9.90 Å². The summed E-state index contributed by atoms with van der Waals surface area (Å²) in [4.78, 5) is 10.6. The molecule has 2 nitrogen and oxygen atoms in total. The summed E-state index contributed by atoms with van der Waals surface area (Å²) in [6, 6.07) is 8.72. The topological polar surface area (TPSA) is 40.1 Å². The van der Waals surface area contributed by atoms with Crippen LogP contribution in [0.3, 0.4) is 0 Å². The predicted molar refractivity (Wildman–Crippen MR) is 54.1 cm³/mol. The molecule has 14 heavy (non-hydrogen) atoms. The lowest BCUT2D eigenvalue weighted by Gasteiger charge is -2.04. The van der Waals surface area contributed by atoms with E-state index in [1.807, 2.05) is 22.9 Å². The van der Waals surface area contributed by atoms with Crippen LogP contribution in [-0.2, 0) is 0 Å². The Morgan fingerprint density at radius 3 is 2.71 bits per heavy atom. The molecule has 2 rings (SSSR count). The fourth-order valence-corrected chi connectivity index (χ4v) is 1.92. The molecule has 0 amide bonds. The molecule has 0 aliphatic heterocycles. The molecule has 0 N–H and O–H groups in total. The van der Waals surface area contributed by atoms with E-state index in [-0.39, 0.29) is 5.56 Å². The standard InChI is InChI=1S/C11H8O2S/c12-11(13)9-3-1-2-8(6-9)10-4-5-14-7-10/h1-7H,(H,12,13)/p-1. The Kier molecular flexibility index (Phi) is 2.33. The van der Waals surface area contributed by atoms with E-state index in [1.165, 1.54) is 6.07 Å². The van der Waals surface area contributed by atoms with Crippen LogP contribution < -0.4 is 5.11 Å². The Morgan fingerprint density at radius 2 is 2.07 bits per heavy atom. The lowest BCUT2D eigenvalue weighted by Crippen LogP contribution is -2.22. The van der Waals surface area contributed by atoms with E-state index in [4.69, 9.17) is 0 Å². The number of carboxylic acids is 1. The largest absolute Gasteiger partial charge is 0.545 e. The fourth-order valence-electron chi connectivity index (χ4n) is 1.25. The molecule has 0 saturated heterocycles. The molecule has 0 radical (unpaired) electrons. The molecule has 3 heteroatoms. The van der Waals surface area contributed by atoms with Crippen LogP contribution in [0.5, 0.6) is 0 Å². The third kappa shape index (κ3) is 1.67. The number of carbonyl (C=O) groups excluding carboxylic acids is 1. The highest BCUT2D eigenvalue weighted by Crippen LogP contribution is 2.22. The molecule has 1 aromatic heterocycles. The Balaban J connectivity index is 2.46. The summed E-state index contributed by atoms with van der Waals surface area (Å²) in [6.45, 7) is 0. The number of benzene rings is 1. The van der Waals surface area contributed by atoms with Gasteiger partial charge in [-0.3, -0.25) is 0 Å². The van der Waals surface area contributed by atoms with Crippen LogP contribution in [0.25, 0.3) is 11.1 Å². The summed E-state index contributed by atoms with van der Waals surface area (Å²) in [6.07, 6.45) is 0. The normalized spacial score (nSPS) is 10.0. The van der Waals surface area contributed by atoms with Crippen LogP contribution in [0.2, 0.25) is 0 Å². The number of carbonyl (C=O) groups is 1. The highest BCUT2D eigenvalue weighted by atomic mass is 32.1. The molecular weight excluding hydrogens is 196 g/mol. The molecule has 1 aromatic carbocycles. The van der Waals surface area contributed by atoms with Crippen molar-refractivity contribution in [3.8, 4) is 11.1 Å². The van der Waals surface area contributed by atoms with Gasteiger partial charge in [0, 0.05) is 0 Å². The van der Waals surface area contributed by atoms with Crippen molar-refractivity contribution >= 4 is 17.3 Å². The predicted octanol–water partition coefficient (Wildman–Crippen LogP) is 1.78.